The van der Waals surface area contributed by atoms with E-state index in [9.17, 15) is 9.59 Å². The van der Waals surface area contributed by atoms with Gasteiger partial charge < -0.3 is 4.98 Å². The van der Waals surface area contributed by atoms with Crippen LogP contribution in [0.15, 0.2) is 60.7 Å². The molecule has 0 aliphatic carbocycles. The van der Waals surface area contributed by atoms with Gasteiger partial charge in [-0.2, -0.15) is 0 Å². The Hall–Kier alpha value is -3.51. The zero-order chi connectivity index (χ0) is 19.2. The number of amides is 1. The monoisotopic (exact) mass is 361 g/mol. The number of carbonyl (C=O) groups excluding carboxylic acids is 2. The van der Waals surface area contributed by atoms with Gasteiger partial charge in [0, 0.05) is 25.0 Å². The number of rotatable bonds is 6. The number of carbonyl (C=O) groups is 2. The van der Waals surface area contributed by atoms with Crippen LogP contribution in [0.3, 0.4) is 0 Å². The van der Waals surface area contributed by atoms with Crippen molar-refractivity contribution in [3.05, 3.63) is 83.3 Å². The number of hydrogen-bond acceptors (Lipinski definition) is 4. The van der Waals surface area contributed by atoms with Crippen molar-refractivity contribution in [3.63, 3.8) is 0 Å². The average molecular weight is 361 g/mol. The number of benzene rings is 2. The summed E-state index contributed by atoms with van der Waals surface area (Å²) in [6.45, 7) is 1.52. The lowest BCUT2D eigenvalue weighted by Gasteiger charge is -2.00. The Morgan fingerprint density at radius 3 is 2.44 bits per heavy atom. The molecule has 0 fully saturated rings. The highest BCUT2D eigenvalue weighted by Gasteiger charge is 2.15. The van der Waals surface area contributed by atoms with Gasteiger partial charge in [-0.15, -0.1) is 0 Å². The first-order valence-electron chi connectivity index (χ1n) is 8.43. The van der Waals surface area contributed by atoms with E-state index < -0.39 is 5.91 Å². The number of nitrogens with zero attached hydrogens (tertiary/aromatic N) is 1. The van der Waals surface area contributed by atoms with Crippen molar-refractivity contribution in [1.29, 1.82) is 0 Å². The van der Waals surface area contributed by atoms with Gasteiger partial charge in [0.15, 0.2) is 5.78 Å². The zero-order valence-corrected chi connectivity index (χ0v) is 14.8. The number of hydroxylamine groups is 1. The van der Waals surface area contributed by atoms with E-state index in [0.717, 1.165) is 16.7 Å². The molecule has 3 rings (SSSR count). The number of hydrogen-bond donors (Lipinski definition) is 3. The fourth-order valence-electron chi connectivity index (χ4n) is 2.71. The smallest absolute Gasteiger partial charge is 0.267 e. The van der Waals surface area contributed by atoms with E-state index >= 15 is 0 Å². The summed E-state index contributed by atoms with van der Waals surface area (Å²) in [7, 11) is 0. The van der Waals surface area contributed by atoms with Crippen molar-refractivity contribution in [2.75, 3.05) is 0 Å². The van der Waals surface area contributed by atoms with Crippen LogP contribution in [-0.4, -0.2) is 26.9 Å². The number of aromatic amines is 1. The summed E-state index contributed by atoms with van der Waals surface area (Å²) in [5, 5.41) is 8.48. The number of ketones is 1. The quantitative estimate of drug-likeness (QED) is 0.271. The standard InChI is InChI=1S/C21H19N3O3/c1-14(25)20-21(17-5-3-2-4-6-17)23-18(22-20)13-16-9-7-15(8-10-16)11-12-19(26)24-27/h2-12,27H,13H2,1H3,(H,22,23)(H,24,26). The molecule has 3 N–H and O–H groups in total. The SMILES string of the molecule is CC(=O)c1[nH]c(Cc2ccc(C=CC(=O)NO)cc2)nc1-c1ccccc1. The predicted molar refractivity (Wildman–Crippen MR) is 102 cm³/mol. The Morgan fingerprint density at radius 2 is 1.81 bits per heavy atom. The third-order valence-electron chi connectivity index (χ3n) is 4.04. The number of imidazole rings is 1. The van der Waals surface area contributed by atoms with E-state index in [4.69, 9.17) is 5.21 Å². The lowest BCUT2D eigenvalue weighted by molar-refractivity contribution is -0.124. The summed E-state index contributed by atoms with van der Waals surface area (Å²) >= 11 is 0. The maximum absolute atomic E-state index is 12.0. The van der Waals surface area contributed by atoms with E-state index in [0.29, 0.717) is 23.6 Å². The number of aromatic nitrogens is 2. The maximum atomic E-state index is 12.0. The molecule has 0 aliphatic heterocycles. The van der Waals surface area contributed by atoms with Crippen molar-refractivity contribution in [2.24, 2.45) is 0 Å². The lowest BCUT2D eigenvalue weighted by Crippen LogP contribution is -2.14. The molecule has 6 heteroatoms. The summed E-state index contributed by atoms with van der Waals surface area (Å²) in [6, 6.07) is 17.2. The molecule has 0 bridgehead atoms. The summed E-state index contributed by atoms with van der Waals surface area (Å²) < 4.78 is 0. The van der Waals surface area contributed by atoms with E-state index in [1.54, 1.807) is 11.6 Å². The highest BCUT2D eigenvalue weighted by Crippen LogP contribution is 2.23. The molecule has 0 atom stereocenters. The third kappa shape index (κ3) is 4.56. The zero-order valence-electron chi connectivity index (χ0n) is 14.8. The van der Waals surface area contributed by atoms with Crippen LogP contribution in [0.5, 0.6) is 0 Å². The summed E-state index contributed by atoms with van der Waals surface area (Å²) in [6.07, 6.45) is 3.39. The highest BCUT2D eigenvalue weighted by molar-refractivity contribution is 5.98. The molecule has 1 heterocycles. The third-order valence-corrected chi connectivity index (χ3v) is 4.04. The van der Waals surface area contributed by atoms with Gasteiger partial charge in [0.1, 0.15) is 11.5 Å². The van der Waals surface area contributed by atoms with Gasteiger partial charge in [0.2, 0.25) is 0 Å². The van der Waals surface area contributed by atoms with Crippen LogP contribution in [0.2, 0.25) is 0 Å². The van der Waals surface area contributed by atoms with Gasteiger partial charge in [-0.25, -0.2) is 10.5 Å². The summed E-state index contributed by atoms with van der Waals surface area (Å²) in [5.41, 5.74) is 5.45. The second-order valence-electron chi connectivity index (χ2n) is 6.06. The van der Waals surface area contributed by atoms with Crippen LogP contribution in [-0.2, 0) is 11.2 Å². The fourth-order valence-corrected chi connectivity index (χ4v) is 2.71. The molecule has 1 aromatic heterocycles. The van der Waals surface area contributed by atoms with Gasteiger partial charge in [-0.3, -0.25) is 14.8 Å². The molecule has 0 spiro atoms. The van der Waals surface area contributed by atoms with E-state index in [2.05, 4.69) is 9.97 Å². The minimum absolute atomic E-state index is 0.0600. The van der Waals surface area contributed by atoms with Crippen LogP contribution in [0.1, 0.15) is 34.4 Å². The first-order valence-corrected chi connectivity index (χ1v) is 8.43. The van der Waals surface area contributed by atoms with Crippen molar-refractivity contribution in [3.8, 4) is 11.3 Å². The number of Topliss-reactive ketones (excluding diaryl/α,β-unsaturated/α-hetero) is 1. The number of nitrogens with one attached hydrogen (secondary N) is 2. The Labute approximate surface area is 156 Å². The van der Waals surface area contributed by atoms with Crippen LogP contribution in [0.25, 0.3) is 17.3 Å². The molecule has 2 aromatic carbocycles. The molecule has 3 aromatic rings. The lowest BCUT2D eigenvalue weighted by atomic mass is 10.1. The minimum atomic E-state index is -0.583. The first kappa shape index (κ1) is 18.3. The number of H-pyrrole nitrogens is 1. The van der Waals surface area contributed by atoms with E-state index in [1.165, 1.54) is 13.0 Å². The molecule has 0 radical (unpaired) electrons. The Kier molecular flexibility index (Phi) is 5.58. The van der Waals surface area contributed by atoms with Gasteiger partial charge in [-0.1, -0.05) is 54.6 Å². The molecule has 27 heavy (non-hydrogen) atoms. The molecule has 0 aliphatic rings. The van der Waals surface area contributed by atoms with Gasteiger partial charge in [0.05, 0.1) is 5.69 Å². The molecule has 0 unspecified atom stereocenters. The minimum Gasteiger partial charge on any atom is -0.339 e. The molecular weight excluding hydrogens is 342 g/mol. The van der Waals surface area contributed by atoms with Crippen LogP contribution in [0, 0.1) is 0 Å². The summed E-state index contributed by atoms with van der Waals surface area (Å²) in [4.78, 5) is 30.7. The Bertz CT molecular complexity index is 974. The summed E-state index contributed by atoms with van der Waals surface area (Å²) in [5.74, 6) is 0.0668. The van der Waals surface area contributed by atoms with Gasteiger partial charge >= 0.3 is 0 Å². The topological polar surface area (TPSA) is 95.1 Å². The van der Waals surface area contributed by atoms with Crippen molar-refractivity contribution >= 4 is 17.8 Å². The first-order chi connectivity index (χ1) is 13.1. The van der Waals surface area contributed by atoms with E-state index in [-0.39, 0.29) is 5.78 Å². The van der Waals surface area contributed by atoms with Crippen LogP contribution >= 0.6 is 0 Å². The van der Waals surface area contributed by atoms with Crippen LogP contribution < -0.4 is 5.48 Å². The average Bonchev–Trinajstić information content (AvgIpc) is 3.12. The van der Waals surface area contributed by atoms with Crippen LogP contribution in [0.4, 0.5) is 0 Å². The van der Waals surface area contributed by atoms with Gasteiger partial charge in [-0.05, 0) is 17.2 Å². The molecule has 136 valence electrons. The fraction of sp³-hybridized carbons (Fsp3) is 0.0952. The van der Waals surface area contributed by atoms with Crippen molar-refractivity contribution < 1.29 is 14.8 Å². The van der Waals surface area contributed by atoms with E-state index in [1.807, 2.05) is 54.6 Å². The normalized spacial score (nSPS) is 10.9. The van der Waals surface area contributed by atoms with Crippen molar-refractivity contribution in [1.82, 2.24) is 15.4 Å². The highest BCUT2D eigenvalue weighted by atomic mass is 16.5. The maximum Gasteiger partial charge on any atom is 0.267 e. The second-order valence-corrected chi connectivity index (χ2v) is 6.06. The molecule has 6 nitrogen and oxygen atoms in total. The second kappa shape index (κ2) is 8.25. The predicted octanol–water partition coefficient (Wildman–Crippen LogP) is 3.39. The van der Waals surface area contributed by atoms with Gasteiger partial charge in [0.25, 0.3) is 5.91 Å². The largest absolute Gasteiger partial charge is 0.339 e. The Balaban J connectivity index is 1.81. The molecular formula is C21H19N3O3. The molecule has 0 saturated carbocycles. The Morgan fingerprint density at radius 1 is 1.11 bits per heavy atom. The molecule has 1 amide bonds. The molecule has 0 saturated heterocycles. The van der Waals surface area contributed by atoms with Crippen molar-refractivity contribution in [2.45, 2.75) is 13.3 Å².